The molecule has 16 heteroatoms. The van der Waals surface area contributed by atoms with Gasteiger partial charge in [-0.05, 0) is 81.8 Å². The third-order valence-electron chi connectivity index (χ3n) is 9.62. The van der Waals surface area contributed by atoms with Gasteiger partial charge in [-0.2, -0.15) is 5.10 Å². The first-order chi connectivity index (χ1) is 30.1. The van der Waals surface area contributed by atoms with Crippen LogP contribution in [0.4, 0.5) is 0 Å². The smallest absolute Gasteiger partial charge is 0.306 e. The van der Waals surface area contributed by atoms with E-state index in [4.69, 9.17) is 28.1 Å². The summed E-state index contributed by atoms with van der Waals surface area (Å²) < 4.78 is 35.5. The minimum atomic E-state index is -1.53. The van der Waals surface area contributed by atoms with Crippen LogP contribution in [0, 0.1) is 11.8 Å². The minimum absolute atomic E-state index is 0.107. The average Bonchev–Trinajstić information content (AvgIpc) is 3.67. The number of Topliss-reactive ketones (excluding diaryl/α,β-unsaturated/α-hetero) is 1. The molecule has 0 radical (unpaired) electrons. The Hall–Kier alpha value is -5.97. The van der Waals surface area contributed by atoms with Crippen LogP contribution in [0.3, 0.4) is 0 Å². The quantitative estimate of drug-likeness (QED) is 0.0526. The number of fused-ring (bicyclic) bond motifs is 1. The van der Waals surface area contributed by atoms with E-state index in [0.29, 0.717) is 85.8 Å². The Bertz CT molecular complexity index is 2290. The normalized spacial score (nSPS) is 13.1. The maximum absolute atomic E-state index is 13.4. The Balaban J connectivity index is 0.957. The molecule has 2 N–H and O–H groups in total. The molecule has 0 aliphatic rings. The number of benzene rings is 2. The molecule has 3 atom stereocenters. The number of carbonyl (C=O) groups excluding carboxylic acids is 3. The topological polar surface area (TPSA) is 203 Å². The highest BCUT2D eigenvalue weighted by Gasteiger charge is 2.33. The summed E-state index contributed by atoms with van der Waals surface area (Å²) in [4.78, 5) is 59.9. The molecule has 0 aliphatic carbocycles. The molecule has 0 spiro atoms. The maximum atomic E-state index is 13.4. The lowest BCUT2D eigenvalue weighted by molar-refractivity contribution is -0.157. The second-order valence-electron chi connectivity index (χ2n) is 16.6. The largest absolute Gasteiger partial charge is 0.490 e. The predicted molar refractivity (Wildman–Crippen MR) is 234 cm³/mol. The number of rotatable bonds is 25. The molecule has 3 aromatic heterocycles. The van der Waals surface area contributed by atoms with Crippen LogP contribution in [0.25, 0.3) is 22.7 Å². The number of ketones is 1. The van der Waals surface area contributed by atoms with E-state index in [1.807, 2.05) is 50.2 Å². The summed E-state index contributed by atoms with van der Waals surface area (Å²) in [5.74, 6) is -0.524. The van der Waals surface area contributed by atoms with Crippen molar-refractivity contribution in [3.05, 3.63) is 101 Å². The predicted octanol–water partition coefficient (Wildman–Crippen LogP) is 5.81. The number of pyridine rings is 1. The standard InChI is InChI=1S/C47H59N5O11/c1-31(2)25-38(49-45(57)44(56)33(26-32-11-8-7-9-12-32)27-43(55)63-47(3,4)5)40(53)13-10-20-58-21-22-59-23-24-60-36-15-14-34(48-29-36)30-61-35-16-18-41-39(28-35)50-46(62-41)37-17-19-42(54)52(6)51-37/h7-9,11-12,14-19,28-29,31,33,38,44,56H,10,13,20-27,30H2,1-6H3,(H,49,57)/t33-,38-,44-/m0/s1. The molecule has 1 amide bonds. The second kappa shape index (κ2) is 23.5. The van der Waals surface area contributed by atoms with E-state index in [1.54, 1.807) is 64.3 Å². The van der Waals surface area contributed by atoms with E-state index in [1.165, 1.54) is 10.7 Å². The summed E-state index contributed by atoms with van der Waals surface area (Å²) in [5, 5.41) is 18.1. The van der Waals surface area contributed by atoms with Gasteiger partial charge in [-0.3, -0.25) is 24.2 Å². The van der Waals surface area contributed by atoms with Crippen molar-refractivity contribution in [2.45, 2.75) is 91.1 Å². The number of aliphatic hydroxyl groups is 1. The van der Waals surface area contributed by atoms with Crippen molar-refractivity contribution < 1.29 is 47.6 Å². The van der Waals surface area contributed by atoms with Gasteiger partial charge in [0.15, 0.2) is 11.4 Å². The number of aromatic nitrogens is 4. The zero-order valence-corrected chi connectivity index (χ0v) is 36.9. The van der Waals surface area contributed by atoms with Crippen LogP contribution in [-0.4, -0.2) is 93.3 Å². The highest BCUT2D eigenvalue weighted by Crippen LogP contribution is 2.26. The number of amides is 1. The fourth-order valence-electron chi connectivity index (χ4n) is 6.55. The van der Waals surface area contributed by atoms with Crippen LogP contribution in [-0.2, 0) is 48.7 Å². The van der Waals surface area contributed by atoms with Crippen molar-refractivity contribution in [3.8, 4) is 23.1 Å². The SMILES string of the molecule is CC(C)C[C@H](NC(=O)[C@@H](O)[C@H](CC(=O)OC(C)(C)C)Cc1ccccc1)C(=O)CCCOCCOCCOc1ccc(COc2ccc3oc(-c4ccc(=O)n(C)n4)nc3c2)nc1. The van der Waals surface area contributed by atoms with Gasteiger partial charge in [0.05, 0.1) is 44.2 Å². The number of aliphatic hydroxyl groups excluding tert-OH is 1. The zero-order chi connectivity index (χ0) is 45.4. The lowest BCUT2D eigenvalue weighted by atomic mass is 9.89. The molecular formula is C47H59N5O11. The Morgan fingerprint density at radius 2 is 1.62 bits per heavy atom. The monoisotopic (exact) mass is 869 g/mol. The van der Waals surface area contributed by atoms with Crippen LogP contribution < -0.4 is 20.3 Å². The summed E-state index contributed by atoms with van der Waals surface area (Å²) in [6.45, 7) is 11.1. The molecular weight excluding hydrogens is 811 g/mol. The first kappa shape index (κ1) is 48.1. The van der Waals surface area contributed by atoms with Crippen LogP contribution in [0.5, 0.6) is 11.5 Å². The van der Waals surface area contributed by atoms with E-state index >= 15 is 0 Å². The lowest BCUT2D eigenvalue weighted by Crippen LogP contribution is -2.49. The third-order valence-corrected chi connectivity index (χ3v) is 9.62. The van der Waals surface area contributed by atoms with Gasteiger partial charge in [0, 0.05) is 38.1 Å². The molecule has 338 valence electrons. The van der Waals surface area contributed by atoms with Gasteiger partial charge < -0.3 is 38.5 Å². The fourth-order valence-corrected chi connectivity index (χ4v) is 6.55. The summed E-state index contributed by atoms with van der Waals surface area (Å²) in [7, 11) is 1.56. The van der Waals surface area contributed by atoms with Gasteiger partial charge >= 0.3 is 5.97 Å². The maximum Gasteiger partial charge on any atom is 0.306 e. The summed E-state index contributed by atoms with van der Waals surface area (Å²) >= 11 is 0. The van der Waals surface area contributed by atoms with Gasteiger partial charge in [-0.1, -0.05) is 44.2 Å². The highest BCUT2D eigenvalue weighted by atomic mass is 16.6. The van der Waals surface area contributed by atoms with Crippen molar-refractivity contribution in [1.29, 1.82) is 0 Å². The molecule has 0 saturated heterocycles. The van der Waals surface area contributed by atoms with Crippen LogP contribution in [0.15, 0.2) is 88.2 Å². The van der Waals surface area contributed by atoms with Crippen molar-refractivity contribution in [2.75, 3.05) is 33.0 Å². The first-order valence-electron chi connectivity index (χ1n) is 21.2. The molecule has 63 heavy (non-hydrogen) atoms. The minimum Gasteiger partial charge on any atom is -0.490 e. The molecule has 0 aliphatic heterocycles. The van der Waals surface area contributed by atoms with Gasteiger partial charge in [0.25, 0.3) is 5.56 Å². The van der Waals surface area contributed by atoms with Gasteiger partial charge in [-0.15, -0.1) is 0 Å². The van der Waals surface area contributed by atoms with E-state index < -0.39 is 35.5 Å². The third kappa shape index (κ3) is 16.0. The van der Waals surface area contributed by atoms with Crippen molar-refractivity contribution >= 4 is 28.8 Å². The van der Waals surface area contributed by atoms with E-state index in [-0.39, 0.29) is 43.1 Å². The number of aryl methyl sites for hydroxylation is 1. The van der Waals surface area contributed by atoms with Crippen molar-refractivity contribution in [1.82, 2.24) is 25.1 Å². The van der Waals surface area contributed by atoms with Gasteiger partial charge in [0.2, 0.25) is 11.8 Å². The lowest BCUT2D eigenvalue weighted by Gasteiger charge is -2.27. The molecule has 3 heterocycles. The van der Waals surface area contributed by atoms with Crippen molar-refractivity contribution in [2.24, 2.45) is 18.9 Å². The number of hydrogen-bond acceptors (Lipinski definition) is 14. The summed E-state index contributed by atoms with van der Waals surface area (Å²) in [5.41, 5.74) is 2.23. The van der Waals surface area contributed by atoms with Gasteiger partial charge in [0.1, 0.15) is 47.6 Å². The number of carbonyl (C=O) groups is 3. The highest BCUT2D eigenvalue weighted by molar-refractivity contribution is 5.90. The number of nitrogens with zero attached hydrogens (tertiary/aromatic N) is 4. The number of ether oxygens (including phenoxy) is 5. The van der Waals surface area contributed by atoms with Gasteiger partial charge in [-0.25, -0.2) is 9.67 Å². The zero-order valence-electron chi connectivity index (χ0n) is 36.9. The fraction of sp³-hybridized carbons (Fsp3) is 0.468. The average molecular weight is 870 g/mol. The number of oxazole rings is 1. The number of esters is 1. The molecule has 0 saturated carbocycles. The number of nitrogens with one attached hydrogen (secondary N) is 1. The molecule has 0 unspecified atom stereocenters. The van der Waals surface area contributed by atoms with Crippen molar-refractivity contribution in [3.63, 3.8) is 0 Å². The molecule has 0 fully saturated rings. The van der Waals surface area contributed by atoms with E-state index in [9.17, 15) is 24.3 Å². The van der Waals surface area contributed by atoms with E-state index in [0.717, 1.165) is 5.56 Å². The molecule has 16 nitrogen and oxygen atoms in total. The molecule has 5 aromatic rings. The molecule has 2 aromatic carbocycles. The Kier molecular flexibility index (Phi) is 17.9. The Morgan fingerprint density at radius 3 is 2.32 bits per heavy atom. The summed E-state index contributed by atoms with van der Waals surface area (Å²) in [6, 6.07) is 20.4. The summed E-state index contributed by atoms with van der Waals surface area (Å²) in [6.07, 6.45) is 1.26. The Morgan fingerprint density at radius 1 is 0.889 bits per heavy atom. The molecule has 5 rings (SSSR count). The number of hydrogen-bond donors (Lipinski definition) is 2. The van der Waals surface area contributed by atoms with E-state index in [2.05, 4.69) is 20.4 Å². The van der Waals surface area contributed by atoms with Crippen LogP contribution in [0.1, 0.15) is 71.6 Å². The second-order valence-corrected chi connectivity index (χ2v) is 16.6. The van der Waals surface area contributed by atoms with Crippen LogP contribution in [0.2, 0.25) is 0 Å². The Labute approximate surface area is 367 Å². The molecule has 0 bridgehead atoms. The first-order valence-corrected chi connectivity index (χ1v) is 21.2. The van der Waals surface area contributed by atoms with Crippen LogP contribution >= 0.6 is 0 Å².